The summed E-state index contributed by atoms with van der Waals surface area (Å²) in [5.41, 5.74) is 2.34. The van der Waals surface area contributed by atoms with Gasteiger partial charge in [0.05, 0.1) is 17.5 Å². The number of aliphatic carboxylic acids is 1. The molecule has 1 aromatic carbocycles. The highest BCUT2D eigenvalue weighted by molar-refractivity contribution is 5.97. The first-order valence-electron chi connectivity index (χ1n) is 8.59. The average Bonchev–Trinajstić information content (AvgIpc) is 3.02. The average molecular weight is 341 g/mol. The summed E-state index contributed by atoms with van der Waals surface area (Å²) in [6, 6.07) is 8.53. The Labute approximate surface area is 147 Å². The molecule has 25 heavy (non-hydrogen) atoms. The molecule has 0 fully saturated rings. The van der Waals surface area contributed by atoms with Crippen LogP contribution in [0.4, 0.5) is 0 Å². The van der Waals surface area contributed by atoms with Gasteiger partial charge < -0.3 is 10.0 Å². The second-order valence-electron chi connectivity index (χ2n) is 6.76. The van der Waals surface area contributed by atoms with E-state index in [9.17, 15) is 14.7 Å². The number of benzene rings is 1. The summed E-state index contributed by atoms with van der Waals surface area (Å²) < 4.78 is 1.87. The normalized spacial score (nSPS) is 17.6. The molecular formula is C19H23N3O3. The van der Waals surface area contributed by atoms with E-state index in [1.807, 2.05) is 35.0 Å². The largest absolute Gasteiger partial charge is 0.480 e. The molecule has 0 radical (unpaired) electrons. The number of rotatable bonds is 5. The molecule has 1 N–H and O–H groups in total. The van der Waals surface area contributed by atoms with Crippen molar-refractivity contribution in [2.45, 2.75) is 45.8 Å². The minimum absolute atomic E-state index is 0.257. The maximum atomic E-state index is 13.1. The Morgan fingerprint density at radius 2 is 2.08 bits per heavy atom. The second kappa shape index (κ2) is 7.09. The van der Waals surface area contributed by atoms with Gasteiger partial charge in [-0.25, -0.2) is 4.79 Å². The van der Waals surface area contributed by atoms with Gasteiger partial charge in [0.2, 0.25) is 0 Å². The highest BCUT2D eigenvalue weighted by atomic mass is 16.4. The van der Waals surface area contributed by atoms with E-state index in [0.29, 0.717) is 11.5 Å². The van der Waals surface area contributed by atoms with Crippen molar-refractivity contribution in [1.82, 2.24) is 14.7 Å². The number of aryl methyl sites for hydroxylation is 1. The number of carboxylic acids is 1. The first-order valence-corrected chi connectivity index (χ1v) is 8.59. The molecular weight excluding hydrogens is 318 g/mol. The molecule has 132 valence electrons. The lowest BCUT2D eigenvalue weighted by atomic mass is 9.96. The quantitative estimate of drug-likeness (QED) is 0.907. The number of carbonyl (C=O) groups excluding carboxylic acids is 1. The van der Waals surface area contributed by atoms with Gasteiger partial charge in [-0.15, -0.1) is 0 Å². The third-order valence-electron chi connectivity index (χ3n) is 4.84. The molecule has 0 saturated carbocycles. The van der Waals surface area contributed by atoms with Gasteiger partial charge in [0, 0.05) is 13.1 Å². The fourth-order valence-corrected chi connectivity index (χ4v) is 3.22. The van der Waals surface area contributed by atoms with Crippen molar-refractivity contribution in [2.24, 2.45) is 5.92 Å². The summed E-state index contributed by atoms with van der Waals surface area (Å²) in [4.78, 5) is 26.1. The fourth-order valence-electron chi connectivity index (χ4n) is 3.22. The lowest BCUT2D eigenvalue weighted by molar-refractivity contribution is -0.141. The van der Waals surface area contributed by atoms with E-state index in [0.717, 1.165) is 30.6 Å². The predicted molar refractivity (Wildman–Crippen MR) is 93.1 cm³/mol. The Morgan fingerprint density at radius 1 is 1.36 bits per heavy atom. The summed E-state index contributed by atoms with van der Waals surface area (Å²) in [6.07, 6.45) is 3.42. The van der Waals surface area contributed by atoms with Crippen LogP contribution in [-0.2, 0) is 24.3 Å². The number of nitrogens with zero attached hydrogens (tertiary/aromatic N) is 3. The molecule has 1 amide bonds. The van der Waals surface area contributed by atoms with Crippen LogP contribution >= 0.6 is 0 Å². The van der Waals surface area contributed by atoms with Gasteiger partial charge in [-0.05, 0) is 31.2 Å². The van der Waals surface area contributed by atoms with Gasteiger partial charge in [0.25, 0.3) is 5.91 Å². The Balaban J connectivity index is 1.92. The van der Waals surface area contributed by atoms with Crippen molar-refractivity contribution in [3.05, 3.63) is 53.3 Å². The predicted octanol–water partition coefficient (Wildman–Crippen LogP) is 2.58. The third-order valence-corrected chi connectivity index (χ3v) is 4.84. The Bertz CT molecular complexity index is 769. The fraction of sp³-hybridized carbons (Fsp3) is 0.421. The van der Waals surface area contributed by atoms with Crippen molar-refractivity contribution < 1.29 is 14.7 Å². The van der Waals surface area contributed by atoms with Gasteiger partial charge in [0.1, 0.15) is 6.04 Å². The third kappa shape index (κ3) is 3.57. The highest BCUT2D eigenvalue weighted by Crippen LogP contribution is 2.24. The number of hydrogen-bond acceptors (Lipinski definition) is 3. The van der Waals surface area contributed by atoms with Crippen molar-refractivity contribution >= 4 is 11.9 Å². The van der Waals surface area contributed by atoms with Crippen LogP contribution in [0, 0.1) is 5.92 Å². The topological polar surface area (TPSA) is 75.4 Å². The molecule has 6 nitrogen and oxygen atoms in total. The van der Waals surface area contributed by atoms with Crippen LogP contribution in [0.5, 0.6) is 0 Å². The van der Waals surface area contributed by atoms with Gasteiger partial charge in [0.15, 0.2) is 0 Å². The molecule has 1 aliphatic rings. The van der Waals surface area contributed by atoms with E-state index < -0.39 is 12.0 Å². The Morgan fingerprint density at radius 3 is 2.76 bits per heavy atom. The minimum Gasteiger partial charge on any atom is -0.480 e. The van der Waals surface area contributed by atoms with Crippen LogP contribution in [0.25, 0.3) is 0 Å². The van der Waals surface area contributed by atoms with Crippen LogP contribution < -0.4 is 0 Å². The van der Waals surface area contributed by atoms with Crippen LogP contribution in [0.3, 0.4) is 0 Å². The molecule has 0 bridgehead atoms. The van der Waals surface area contributed by atoms with Crippen LogP contribution in [0.15, 0.2) is 36.5 Å². The molecule has 0 aliphatic carbocycles. The van der Waals surface area contributed by atoms with Gasteiger partial charge >= 0.3 is 5.97 Å². The molecule has 1 aromatic heterocycles. The zero-order chi connectivity index (χ0) is 18.0. The van der Waals surface area contributed by atoms with E-state index in [1.54, 1.807) is 13.1 Å². The number of fused-ring (bicyclic) bond motifs is 1. The molecule has 2 atom stereocenters. The number of carbonyl (C=O) groups is 2. The zero-order valence-corrected chi connectivity index (χ0v) is 14.6. The monoisotopic (exact) mass is 341 g/mol. The van der Waals surface area contributed by atoms with E-state index in [-0.39, 0.29) is 12.5 Å². The second-order valence-corrected chi connectivity index (χ2v) is 6.76. The highest BCUT2D eigenvalue weighted by Gasteiger charge is 2.31. The lowest BCUT2D eigenvalue weighted by Crippen LogP contribution is -2.43. The lowest BCUT2D eigenvalue weighted by Gasteiger charge is -2.28. The number of hydrogen-bond donors (Lipinski definition) is 1. The summed E-state index contributed by atoms with van der Waals surface area (Å²) in [7, 11) is 0. The van der Waals surface area contributed by atoms with Crippen molar-refractivity contribution in [3.8, 4) is 0 Å². The van der Waals surface area contributed by atoms with Gasteiger partial charge in [-0.1, -0.05) is 37.3 Å². The van der Waals surface area contributed by atoms with Crippen LogP contribution in [0.1, 0.15) is 41.9 Å². The van der Waals surface area contributed by atoms with E-state index in [1.165, 1.54) is 4.90 Å². The summed E-state index contributed by atoms with van der Waals surface area (Å²) in [5.74, 6) is -0.789. The molecule has 2 unspecified atom stereocenters. The minimum atomic E-state index is -1.02. The Hall–Kier alpha value is -2.63. The van der Waals surface area contributed by atoms with Crippen LogP contribution in [-0.4, -0.2) is 37.7 Å². The SMILES string of the molecule is CC1CCn2ncc(C(=O)N(Cc3ccccc3)C(C)C(=O)O)c2C1. The number of aromatic nitrogens is 2. The first-order chi connectivity index (χ1) is 12.0. The standard InChI is InChI=1S/C19H23N3O3/c1-13-8-9-22-17(10-13)16(11-20-22)18(23)21(14(2)19(24)25)12-15-6-4-3-5-7-15/h3-7,11,13-14H,8-10,12H2,1-2H3,(H,24,25). The molecule has 6 heteroatoms. The Kier molecular flexibility index (Phi) is 4.88. The maximum Gasteiger partial charge on any atom is 0.326 e. The maximum absolute atomic E-state index is 13.1. The van der Waals surface area contributed by atoms with Crippen LogP contribution in [0.2, 0.25) is 0 Å². The molecule has 2 aromatic rings. The van der Waals surface area contributed by atoms with Gasteiger partial charge in [-0.2, -0.15) is 5.10 Å². The van der Waals surface area contributed by atoms with Crippen molar-refractivity contribution in [1.29, 1.82) is 0 Å². The first kappa shape index (κ1) is 17.2. The summed E-state index contributed by atoms with van der Waals surface area (Å²) >= 11 is 0. The molecule has 0 saturated heterocycles. The number of carboxylic acid groups (broad SMARTS) is 1. The van der Waals surface area contributed by atoms with Crippen molar-refractivity contribution in [2.75, 3.05) is 0 Å². The molecule has 1 aliphatic heterocycles. The smallest absolute Gasteiger partial charge is 0.326 e. The molecule has 0 spiro atoms. The zero-order valence-electron chi connectivity index (χ0n) is 14.6. The molecule has 3 rings (SSSR count). The number of amides is 1. The summed E-state index contributed by atoms with van der Waals surface area (Å²) in [6.45, 7) is 4.76. The van der Waals surface area contributed by atoms with E-state index >= 15 is 0 Å². The van der Waals surface area contributed by atoms with E-state index in [4.69, 9.17) is 0 Å². The van der Waals surface area contributed by atoms with Crippen molar-refractivity contribution in [3.63, 3.8) is 0 Å². The molecule has 2 heterocycles. The van der Waals surface area contributed by atoms with Gasteiger partial charge in [-0.3, -0.25) is 9.48 Å². The summed E-state index contributed by atoms with van der Waals surface area (Å²) in [5, 5.41) is 13.8. The van der Waals surface area contributed by atoms with E-state index in [2.05, 4.69) is 12.0 Å².